The maximum atomic E-state index is 5.98. The first-order valence-corrected chi connectivity index (χ1v) is 24.1. The van der Waals surface area contributed by atoms with Gasteiger partial charge in [0.1, 0.15) is 5.75 Å². The first-order chi connectivity index (χ1) is 34.0. The second-order valence-electron chi connectivity index (χ2n) is 18.5. The second kappa shape index (κ2) is 20.9. The minimum atomic E-state index is 0.816. The van der Waals surface area contributed by atoms with Crippen molar-refractivity contribution < 1.29 is 4.74 Å². The van der Waals surface area contributed by atoms with Gasteiger partial charge in [-0.2, -0.15) is 0 Å². The van der Waals surface area contributed by atoms with E-state index in [0.717, 1.165) is 73.4 Å². The molecule has 0 aliphatic carbocycles. The molecular weight excluding hydrogens is 851 g/mol. The summed E-state index contributed by atoms with van der Waals surface area (Å²) >= 11 is 0. The van der Waals surface area contributed by atoms with E-state index in [9.17, 15) is 0 Å². The number of methoxy groups -OCH3 is 1. The number of hydrogen-bond acceptors (Lipinski definition) is 4. The Kier molecular flexibility index (Phi) is 14.0. The van der Waals surface area contributed by atoms with Gasteiger partial charge >= 0.3 is 0 Å². The summed E-state index contributed by atoms with van der Waals surface area (Å²) in [6.07, 6.45) is 8.72. The molecule has 4 nitrogen and oxygen atoms in total. The Balaban J connectivity index is 0.937. The van der Waals surface area contributed by atoms with Crippen molar-refractivity contribution in [2.75, 3.05) is 21.8 Å². The molecule has 0 aliphatic rings. The zero-order valence-corrected chi connectivity index (χ0v) is 41.6. The molecule has 0 radical (unpaired) electrons. The minimum Gasteiger partial charge on any atom is -0.495 e. The maximum absolute atomic E-state index is 5.98. The summed E-state index contributed by atoms with van der Waals surface area (Å²) in [6, 6.07) is 72.3. The van der Waals surface area contributed by atoms with Crippen LogP contribution in [0.4, 0.5) is 51.2 Å². The van der Waals surface area contributed by atoms with Crippen LogP contribution in [0.1, 0.15) is 61.2 Å². The van der Waals surface area contributed by atoms with Crippen LogP contribution in [0.2, 0.25) is 0 Å². The summed E-state index contributed by atoms with van der Waals surface area (Å²) < 4.78 is 5.98. The molecule has 0 atom stereocenters. The monoisotopic (exact) mass is 911 g/mol. The first-order valence-electron chi connectivity index (χ1n) is 24.1. The molecule has 0 heterocycles. The molecule has 0 saturated carbocycles. The molecule has 9 rings (SSSR count). The van der Waals surface area contributed by atoms with E-state index in [-0.39, 0.29) is 0 Å². The fourth-order valence-electron chi connectivity index (χ4n) is 9.07. The normalized spacial score (nSPS) is 11.3. The van der Waals surface area contributed by atoms with E-state index in [1.165, 1.54) is 44.8 Å². The Morgan fingerprint density at radius 3 is 0.800 bits per heavy atom. The molecule has 346 valence electrons. The van der Waals surface area contributed by atoms with E-state index in [1.54, 1.807) is 7.11 Å². The molecular formula is C66H61N3O. The highest BCUT2D eigenvalue weighted by Crippen LogP contribution is 2.42. The number of nitrogens with zero attached hydrogens (tertiary/aromatic N) is 3. The van der Waals surface area contributed by atoms with Crippen LogP contribution < -0.4 is 19.4 Å². The van der Waals surface area contributed by atoms with Gasteiger partial charge in [0.15, 0.2) is 0 Å². The molecule has 70 heavy (non-hydrogen) atoms. The highest BCUT2D eigenvalue weighted by Gasteiger charge is 2.19. The highest BCUT2D eigenvalue weighted by atomic mass is 16.5. The summed E-state index contributed by atoms with van der Waals surface area (Å²) in [4.78, 5) is 6.95. The lowest BCUT2D eigenvalue weighted by Gasteiger charge is -2.27. The van der Waals surface area contributed by atoms with Crippen molar-refractivity contribution in [1.82, 2.24) is 0 Å². The lowest BCUT2D eigenvalue weighted by molar-refractivity contribution is 0.415. The first kappa shape index (κ1) is 46.8. The smallest absolute Gasteiger partial charge is 0.143 e. The SMILES string of the molecule is COc1cc(C)ccc1N(c1ccc(C=Cc2ccc(N(c3ccc(C)cc3)c3ccc(C)cc3C)cc2)cc1)c1ccc(C=Cc2ccc(N(c3ccc(C)cc3)c3ccc(C)cc3C)cc2)cc1. The standard InChI is InChI=1S/C66H61N3O/c1-46-9-28-57(29-10-46)67(63-40-13-48(3)43-51(63)6)59-32-20-53(21-33-59)16-18-55-24-36-61(37-25-55)69(65-42-15-50(5)45-66(65)70-8)62-38-26-56(27-39-62)19-17-54-22-34-60(35-23-54)68(58-30-11-47(2)12-31-58)64-41-14-49(4)44-52(64)7/h9-45H,1-8H3. The highest BCUT2D eigenvalue weighted by molar-refractivity contribution is 5.84. The number of ether oxygens (including phenoxy) is 1. The number of rotatable bonds is 14. The largest absolute Gasteiger partial charge is 0.495 e. The summed E-state index contributed by atoms with van der Waals surface area (Å²) in [7, 11) is 1.74. The van der Waals surface area contributed by atoms with Gasteiger partial charge < -0.3 is 19.4 Å². The topological polar surface area (TPSA) is 19.0 Å². The summed E-state index contributed by atoms with van der Waals surface area (Å²) in [6.45, 7) is 15.0. The molecule has 0 N–H and O–H groups in total. The molecule has 0 unspecified atom stereocenters. The maximum Gasteiger partial charge on any atom is 0.143 e. The summed E-state index contributed by atoms with van der Waals surface area (Å²) in [5.41, 5.74) is 23.0. The van der Waals surface area contributed by atoms with E-state index in [2.05, 4.69) is 288 Å². The molecule has 0 aromatic heterocycles. The van der Waals surface area contributed by atoms with Crippen LogP contribution >= 0.6 is 0 Å². The van der Waals surface area contributed by atoms with E-state index >= 15 is 0 Å². The van der Waals surface area contributed by atoms with Crippen molar-refractivity contribution >= 4 is 75.5 Å². The molecule has 0 bridgehead atoms. The third kappa shape index (κ3) is 10.7. The Morgan fingerprint density at radius 1 is 0.271 bits per heavy atom. The lowest BCUT2D eigenvalue weighted by Crippen LogP contribution is -2.11. The van der Waals surface area contributed by atoms with Crippen LogP contribution in [0.25, 0.3) is 24.3 Å². The van der Waals surface area contributed by atoms with Gasteiger partial charge in [-0.1, -0.05) is 150 Å². The number of benzene rings is 9. The molecule has 0 aliphatic heterocycles. The Bertz CT molecular complexity index is 3080. The molecule has 0 amide bonds. The van der Waals surface area contributed by atoms with Crippen molar-refractivity contribution in [2.24, 2.45) is 0 Å². The molecule has 0 fully saturated rings. The second-order valence-corrected chi connectivity index (χ2v) is 18.5. The van der Waals surface area contributed by atoms with Crippen LogP contribution in [0.5, 0.6) is 5.75 Å². The Labute approximate surface area is 415 Å². The number of aryl methyl sites for hydroxylation is 7. The summed E-state index contributed by atoms with van der Waals surface area (Å²) in [5, 5.41) is 0. The van der Waals surface area contributed by atoms with Gasteiger partial charge in [-0.05, 0) is 184 Å². The predicted octanol–water partition coefficient (Wildman–Crippen LogP) is 18.6. The van der Waals surface area contributed by atoms with Crippen molar-refractivity contribution in [3.63, 3.8) is 0 Å². The van der Waals surface area contributed by atoms with Gasteiger partial charge in [-0.15, -0.1) is 0 Å². The van der Waals surface area contributed by atoms with E-state index < -0.39 is 0 Å². The number of anilines is 9. The van der Waals surface area contributed by atoms with Crippen molar-refractivity contribution in [3.05, 3.63) is 261 Å². The Morgan fingerprint density at radius 2 is 0.514 bits per heavy atom. The fraction of sp³-hybridized carbons (Fsp3) is 0.121. The van der Waals surface area contributed by atoms with Crippen molar-refractivity contribution in [2.45, 2.75) is 48.5 Å². The van der Waals surface area contributed by atoms with Crippen LogP contribution in [-0.4, -0.2) is 7.11 Å². The predicted molar refractivity (Wildman–Crippen MR) is 301 cm³/mol. The van der Waals surface area contributed by atoms with E-state index in [4.69, 9.17) is 4.74 Å². The Hall–Kier alpha value is -8.34. The average Bonchev–Trinajstić information content (AvgIpc) is 3.37. The third-order valence-electron chi connectivity index (χ3n) is 12.9. The molecule has 0 saturated heterocycles. The third-order valence-corrected chi connectivity index (χ3v) is 12.9. The van der Waals surface area contributed by atoms with Crippen molar-refractivity contribution in [3.8, 4) is 5.75 Å². The van der Waals surface area contributed by atoms with Crippen molar-refractivity contribution in [1.29, 1.82) is 0 Å². The number of hydrogen-bond donors (Lipinski definition) is 0. The quantitative estimate of drug-likeness (QED) is 0.101. The van der Waals surface area contributed by atoms with Gasteiger partial charge in [0.25, 0.3) is 0 Å². The fourth-order valence-corrected chi connectivity index (χ4v) is 9.07. The summed E-state index contributed by atoms with van der Waals surface area (Å²) in [5.74, 6) is 0.816. The molecule has 9 aromatic rings. The molecule has 4 heteroatoms. The molecule has 9 aromatic carbocycles. The van der Waals surface area contributed by atoms with Crippen LogP contribution in [0, 0.1) is 48.5 Å². The average molecular weight is 912 g/mol. The van der Waals surface area contributed by atoms with Gasteiger partial charge in [0.2, 0.25) is 0 Å². The molecule has 0 spiro atoms. The van der Waals surface area contributed by atoms with E-state index in [1.807, 2.05) is 0 Å². The minimum absolute atomic E-state index is 0.816. The zero-order valence-electron chi connectivity index (χ0n) is 41.6. The van der Waals surface area contributed by atoms with Gasteiger partial charge in [0, 0.05) is 45.5 Å². The zero-order chi connectivity index (χ0) is 48.7. The van der Waals surface area contributed by atoms with E-state index in [0.29, 0.717) is 0 Å². The van der Waals surface area contributed by atoms with Crippen LogP contribution in [0.3, 0.4) is 0 Å². The van der Waals surface area contributed by atoms with Crippen LogP contribution in [-0.2, 0) is 0 Å². The van der Waals surface area contributed by atoms with Crippen LogP contribution in [0.15, 0.2) is 200 Å². The van der Waals surface area contributed by atoms with Gasteiger partial charge in [-0.3, -0.25) is 0 Å². The van der Waals surface area contributed by atoms with Gasteiger partial charge in [0.05, 0.1) is 12.8 Å². The lowest BCUT2D eigenvalue weighted by atomic mass is 10.1. The van der Waals surface area contributed by atoms with Gasteiger partial charge in [-0.25, -0.2) is 0 Å².